The van der Waals surface area contributed by atoms with Gasteiger partial charge >= 0.3 is 11.8 Å². The molecule has 2 N–H and O–H groups in total. The molecule has 0 aliphatic carbocycles. The van der Waals surface area contributed by atoms with Gasteiger partial charge in [-0.1, -0.05) is 54.1 Å². The van der Waals surface area contributed by atoms with Crippen molar-refractivity contribution < 1.29 is 9.59 Å². The molecule has 0 saturated heterocycles. The third-order valence-corrected chi connectivity index (χ3v) is 5.81. The van der Waals surface area contributed by atoms with E-state index < -0.39 is 11.8 Å². The molecule has 4 aromatic rings. The number of hydrogen-bond acceptors (Lipinski definition) is 5. The number of fused-ring (bicyclic) bond motifs is 1. The summed E-state index contributed by atoms with van der Waals surface area (Å²) in [5.41, 5.74) is 4.00. The van der Waals surface area contributed by atoms with Crippen LogP contribution in [-0.4, -0.2) is 33.0 Å². The Morgan fingerprint density at radius 3 is 2.68 bits per heavy atom. The molecule has 8 heteroatoms. The van der Waals surface area contributed by atoms with E-state index in [1.807, 2.05) is 73.8 Å². The lowest BCUT2D eigenvalue weighted by atomic mass is 10.1. The van der Waals surface area contributed by atoms with Crippen LogP contribution in [0.5, 0.6) is 0 Å². The number of amides is 2. The summed E-state index contributed by atoms with van der Waals surface area (Å²) in [5, 5.41) is 12.0. The maximum absolute atomic E-state index is 12.2. The molecule has 1 atom stereocenters. The van der Waals surface area contributed by atoms with Crippen molar-refractivity contribution in [1.82, 2.24) is 25.2 Å². The highest BCUT2D eigenvalue weighted by Crippen LogP contribution is 2.21. The van der Waals surface area contributed by atoms with Crippen LogP contribution in [0.4, 0.5) is 0 Å². The van der Waals surface area contributed by atoms with Crippen molar-refractivity contribution in [3.63, 3.8) is 0 Å². The number of nitrogens with one attached hydrogen (secondary N) is 2. The number of aryl methyl sites for hydroxylation is 1. The molecule has 0 aliphatic heterocycles. The number of rotatable bonds is 6. The number of aromatic nitrogens is 3. The van der Waals surface area contributed by atoms with Gasteiger partial charge in [-0.15, -0.1) is 16.4 Å². The first-order valence-electron chi connectivity index (χ1n) is 10.0. The molecule has 4 rings (SSSR count). The lowest BCUT2D eigenvalue weighted by Crippen LogP contribution is -2.41. The molecule has 2 heterocycles. The summed E-state index contributed by atoms with van der Waals surface area (Å²) in [7, 11) is 0. The van der Waals surface area contributed by atoms with Crippen molar-refractivity contribution >= 4 is 28.1 Å². The largest absolute Gasteiger partial charge is 0.347 e. The van der Waals surface area contributed by atoms with Crippen molar-refractivity contribution in [2.24, 2.45) is 0 Å². The Labute approximate surface area is 184 Å². The number of carbonyl (C=O) groups is 2. The van der Waals surface area contributed by atoms with Gasteiger partial charge in [-0.2, -0.15) is 4.98 Å². The van der Waals surface area contributed by atoms with Gasteiger partial charge < -0.3 is 10.6 Å². The second kappa shape index (κ2) is 9.09. The molecule has 31 heavy (non-hydrogen) atoms. The normalized spacial score (nSPS) is 11.9. The summed E-state index contributed by atoms with van der Waals surface area (Å²) in [5.74, 6) is -0.613. The van der Waals surface area contributed by atoms with Crippen molar-refractivity contribution in [3.05, 3.63) is 76.8 Å². The highest BCUT2D eigenvalue weighted by molar-refractivity contribution is 7.15. The monoisotopic (exact) mass is 433 g/mol. The first-order chi connectivity index (χ1) is 15.0. The van der Waals surface area contributed by atoms with Crippen molar-refractivity contribution in [2.45, 2.75) is 26.3 Å². The van der Waals surface area contributed by atoms with Crippen LogP contribution in [-0.2, 0) is 16.0 Å². The number of nitrogens with zero attached hydrogens (tertiary/aromatic N) is 3. The first kappa shape index (κ1) is 20.7. The van der Waals surface area contributed by atoms with Crippen LogP contribution < -0.4 is 10.6 Å². The molecule has 0 unspecified atom stereocenters. The van der Waals surface area contributed by atoms with Crippen LogP contribution >= 0.6 is 11.3 Å². The topological polar surface area (TPSA) is 88.4 Å². The van der Waals surface area contributed by atoms with E-state index in [0.29, 0.717) is 18.8 Å². The molecule has 0 saturated carbocycles. The summed E-state index contributed by atoms with van der Waals surface area (Å²) < 4.78 is 1.80. The van der Waals surface area contributed by atoms with Crippen molar-refractivity contribution in [1.29, 1.82) is 0 Å². The molecule has 2 amide bonds. The molecule has 2 aromatic heterocycles. The highest BCUT2D eigenvalue weighted by Gasteiger charge is 2.17. The molecular weight excluding hydrogens is 410 g/mol. The van der Waals surface area contributed by atoms with Crippen LogP contribution in [0, 0.1) is 6.92 Å². The van der Waals surface area contributed by atoms with Gasteiger partial charge in [0.15, 0.2) is 5.82 Å². The fraction of sp³-hybridized carbons (Fsp3) is 0.217. The lowest BCUT2D eigenvalue weighted by molar-refractivity contribution is -0.139. The second-order valence-electron chi connectivity index (χ2n) is 7.34. The average Bonchev–Trinajstić information content (AvgIpc) is 3.36. The van der Waals surface area contributed by atoms with Gasteiger partial charge in [-0.25, -0.2) is 4.52 Å². The van der Waals surface area contributed by atoms with E-state index in [0.717, 1.165) is 27.3 Å². The summed E-state index contributed by atoms with van der Waals surface area (Å²) in [6.45, 7) is 4.21. The Morgan fingerprint density at radius 2 is 1.90 bits per heavy atom. The van der Waals surface area contributed by atoms with Gasteiger partial charge in [0.05, 0.1) is 11.7 Å². The minimum absolute atomic E-state index is 0.244. The Bertz CT molecular complexity index is 1220. The lowest BCUT2D eigenvalue weighted by Gasteiger charge is -2.13. The number of hydrogen-bond donors (Lipinski definition) is 2. The van der Waals surface area contributed by atoms with Crippen molar-refractivity contribution in [3.8, 4) is 11.4 Å². The van der Waals surface area contributed by atoms with Gasteiger partial charge in [0.25, 0.3) is 0 Å². The minimum Gasteiger partial charge on any atom is -0.347 e. The third kappa shape index (κ3) is 4.80. The first-order valence-corrected chi connectivity index (χ1v) is 10.9. The SMILES string of the molecule is Cc1cccc(-c2nc3scc(CCNC(=O)C(=O)N[C@@H](C)c4ccccc4)n3n2)c1. The fourth-order valence-electron chi connectivity index (χ4n) is 3.27. The number of thiazole rings is 1. The Morgan fingerprint density at radius 1 is 1.10 bits per heavy atom. The quantitative estimate of drug-likeness (QED) is 0.457. The van der Waals surface area contributed by atoms with Crippen LogP contribution in [0.2, 0.25) is 0 Å². The summed E-state index contributed by atoms with van der Waals surface area (Å²) >= 11 is 1.50. The molecular formula is C23H23N5O2S. The zero-order chi connectivity index (χ0) is 21.8. The Hall–Kier alpha value is -3.52. The smallest absolute Gasteiger partial charge is 0.309 e. The van der Waals surface area contributed by atoms with Gasteiger partial charge in [-0.05, 0) is 25.5 Å². The summed E-state index contributed by atoms with van der Waals surface area (Å²) in [4.78, 5) is 29.7. The zero-order valence-corrected chi connectivity index (χ0v) is 18.1. The van der Waals surface area contributed by atoms with E-state index in [1.54, 1.807) is 4.52 Å². The van der Waals surface area contributed by atoms with Gasteiger partial charge in [0, 0.05) is 23.9 Å². The summed E-state index contributed by atoms with van der Waals surface area (Å²) in [6.07, 6.45) is 0.546. The van der Waals surface area contributed by atoms with E-state index in [9.17, 15) is 9.59 Å². The molecule has 0 bridgehead atoms. The number of benzene rings is 2. The Balaban J connectivity index is 1.34. The van der Waals surface area contributed by atoms with Crippen LogP contribution in [0.25, 0.3) is 16.3 Å². The predicted octanol–water partition coefficient (Wildman–Crippen LogP) is 3.30. The highest BCUT2D eigenvalue weighted by atomic mass is 32.1. The molecule has 7 nitrogen and oxygen atoms in total. The number of carbonyl (C=O) groups excluding carboxylic acids is 2. The Kier molecular flexibility index (Phi) is 6.08. The van der Waals surface area contributed by atoms with Gasteiger partial charge in [0.2, 0.25) is 4.96 Å². The van der Waals surface area contributed by atoms with Gasteiger partial charge in [0.1, 0.15) is 0 Å². The second-order valence-corrected chi connectivity index (χ2v) is 8.17. The molecule has 0 spiro atoms. The van der Waals surface area contributed by atoms with Crippen LogP contribution in [0.1, 0.15) is 29.8 Å². The molecule has 0 radical (unpaired) electrons. The van der Waals surface area contributed by atoms with Crippen molar-refractivity contribution in [2.75, 3.05) is 6.54 Å². The molecule has 0 aliphatic rings. The van der Waals surface area contributed by atoms with E-state index in [2.05, 4.69) is 20.7 Å². The van der Waals surface area contributed by atoms with E-state index in [-0.39, 0.29) is 6.04 Å². The van der Waals surface area contributed by atoms with Crippen LogP contribution in [0.15, 0.2) is 60.0 Å². The summed E-state index contributed by atoms with van der Waals surface area (Å²) in [6, 6.07) is 17.3. The molecule has 0 fully saturated rings. The fourth-order valence-corrected chi connectivity index (χ4v) is 4.13. The third-order valence-electron chi connectivity index (χ3n) is 4.95. The standard InChI is InChI=1S/C23H23N5O2S/c1-15-7-6-10-18(13-15)20-26-23-28(27-20)19(14-31-23)11-12-24-21(29)22(30)25-16(2)17-8-4-3-5-9-17/h3-10,13-14,16H,11-12H2,1-2H3,(H,24,29)(H,25,30)/t16-/m0/s1. The predicted molar refractivity (Wildman–Crippen MR) is 121 cm³/mol. The molecule has 158 valence electrons. The maximum Gasteiger partial charge on any atom is 0.309 e. The van der Waals surface area contributed by atoms with Gasteiger partial charge in [-0.3, -0.25) is 9.59 Å². The zero-order valence-electron chi connectivity index (χ0n) is 17.3. The molecule has 2 aromatic carbocycles. The van der Waals surface area contributed by atoms with E-state index in [4.69, 9.17) is 0 Å². The van der Waals surface area contributed by atoms with E-state index in [1.165, 1.54) is 11.3 Å². The average molecular weight is 434 g/mol. The van der Waals surface area contributed by atoms with Crippen LogP contribution in [0.3, 0.4) is 0 Å². The maximum atomic E-state index is 12.2. The van der Waals surface area contributed by atoms with E-state index >= 15 is 0 Å². The minimum atomic E-state index is -0.645.